The molecule has 2 aromatic carbocycles. The second-order valence-electron chi connectivity index (χ2n) is 6.49. The quantitative estimate of drug-likeness (QED) is 0.600. The highest BCUT2D eigenvalue weighted by molar-refractivity contribution is 5.95. The molecule has 3 N–H and O–H groups in total. The average molecular weight is 368 g/mol. The van der Waals surface area contributed by atoms with Crippen LogP contribution >= 0.6 is 0 Å². The van der Waals surface area contributed by atoms with Gasteiger partial charge in [-0.1, -0.05) is 62.4 Å². The number of aryl methyl sites for hydroxylation is 2. The lowest BCUT2D eigenvalue weighted by Gasteiger charge is -2.17. The first-order valence-electron chi connectivity index (χ1n) is 9.45. The Labute approximate surface area is 160 Å². The van der Waals surface area contributed by atoms with E-state index in [0.29, 0.717) is 13.0 Å². The molecule has 2 rings (SSSR count). The maximum absolute atomic E-state index is 12.5. The minimum Gasteiger partial charge on any atom is -0.480 e. The highest BCUT2D eigenvalue weighted by Gasteiger charge is 2.21. The molecule has 144 valence electrons. The van der Waals surface area contributed by atoms with Gasteiger partial charge in [-0.25, -0.2) is 0 Å². The highest BCUT2D eigenvalue weighted by Crippen LogP contribution is 2.22. The lowest BCUT2D eigenvalue weighted by molar-refractivity contribution is -0.141. The Morgan fingerprint density at radius 3 is 2.15 bits per heavy atom. The van der Waals surface area contributed by atoms with Crippen LogP contribution in [0.2, 0.25) is 0 Å². The second kappa shape index (κ2) is 10.5. The molecule has 5 heteroatoms. The molecule has 0 aliphatic carbocycles. The van der Waals surface area contributed by atoms with Gasteiger partial charge in [0.05, 0.1) is 6.42 Å². The molecule has 0 spiro atoms. The molecule has 0 aliphatic heterocycles. The first kappa shape index (κ1) is 20.6. The van der Waals surface area contributed by atoms with Gasteiger partial charge in [0.15, 0.2) is 0 Å². The number of aliphatic carboxylic acids is 1. The van der Waals surface area contributed by atoms with E-state index in [9.17, 15) is 14.7 Å². The second-order valence-corrected chi connectivity index (χ2v) is 6.49. The van der Waals surface area contributed by atoms with Crippen molar-refractivity contribution in [3.63, 3.8) is 0 Å². The van der Waals surface area contributed by atoms with Crippen LogP contribution in [0.3, 0.4) is 0 Å². The van der Waals surface area contributed by atoms with Crippen LogP contribution in [0.4, 0.5) is 5.69 Å². The van der Waals surface area contributed by atoms with Crippen molar-refractivity contribution in [2.45, 2.75) is 45.6 Å². The Morgan fingerprint density at radius 1 is 0.963 bits per heavy atom. The van der Waals surface area contributed by atoms with Gasteiger partial charge in [-0.2, -0.15) is 0 Å². The van der Waals surface area contributed by atoms with Gasteiger partial charge < -0.3 is 15.7 Å². The van der Waals surface area contributed by atoms with Crippen molar-refractivity contribution in [2.24, 2.45) is 0 Å². The standard InChI is InChI=1S/C22H28N2O3/c1-3-17-11-8-12-18(4-2)21(17)24-20(25)15-19(22(26)27)23-14-13-16-9-6-5-7-10-16/h5-12,19,23H,3-4,13-15H2,1-2H3,(H,24,25)(H,26,27). The number of nitrogens with one attached hydrogen (secondary N) is 2. The first-order chi connectivity index (χ1) is 13.0. The summed E-state index contributed by atoms with van der Waals surface area (Å²) in [5, 5.41) is 15.4. The van der Waals surface area contributed by atoms with Gasteiger partial charge in [-0.3, -0.25) is 9.59 Å². The molecular formula is C22H28N2O3. The molecule has 0 saturated heterocycles. The van der Waals surface area contributed by atoms with Gasteiger partial charge in [0.25, 0.3) is 0 Å². The third-order valence-electron chi connectivity index (χ3n) is 4.60. The number of carboxylic acids is 1. The Balaban J connectivity index is 1.96. The number of carboxylic acid groups (broad SMARTS) is 1. The van der Waals surface area contributed by atoms with Crippen LogP contribution < -0.4 is 10.6 Å². The first-order valence-corrected chi connectivity index (χ1v) is 9.45. The van der Waals surface area contributed by atoms with E-state index in [1.807, 2.05) is 62.4 Å². The average Bonchev–Trinajstić information content (AvgIpc) is 2.68. The summed E-state index contributed by atoms with van der Waals surface area (Å²) >= 11 is 0. The summed E-state index contributed by atoms with van der Waals surface area (Å²) in [6.07, 6.45) is 2.22. The summed E-state index contributed by atoms with van der Waals surface area (Å²) in [6, 6.07) is 14.9. The summed E-state index contributed by atoms with van der Waals surface area (Å²) in [4.78, 5) is 24.0. The van der Waals surface area contributed by atoms with Gasteiger partial charge in [0.1, 0.15) is 6.04 Å². The molecule has 0 fully saturated rings. The molecule has 0 aliphatic rings. The minimum absolute atomic E-state index is 0.106. The lowest BCUT2D eigenvalue weighted by Crippen LogP contribution is -2.40. The maximum atomic E-state index is 12.5. The van der Waals surface area contributed by atoms with Crippen LogP contribution in [-0.4, -0.2) is 29.6 Å². The number of hydrogen-bond donors (Lipinski definition) is 3. The van der Waals surface area contributed by atoms with Gasteiger partial charge >= 0.3 is 5.97 Å². The smallest absolute Gasteiger partial charge is 0.321 e. The van der Waals surface area contributed by atoms with Crippen molar-refractivity contribution in [1.82, 2.24) is 5.32 Å². The fourth-order valence-corrected chi connectivity index (χ4v) is 3.06. The van der Waals surface area contributed by atoms with E-state index in [1.165, 1.54) is 0 Å². The van der Waals surface area contributed by atoms with Crippen molar-refractivity contribution in [1.29, 1.82) is 0 Å². The summed E-state index contributed by atoms with van der Waals surface area (Å²) in [5.41, 5.74) is 4.07. The number of carbonyl (C=O) groups is 2. The van der Waals surface area contributed by atoms with Crippen LogP contribution in [0.15, 0.2) is 48.5 Å². The van der Waals surface area contributed by atoms with Crippen molar-refractivity contribution in [3.05, 3.63) is 65.2 Å². The van der Waals surface area contributed by atoms with Crippen LogP contribution in [-0.2, 0) is 28.9 Å². The predicted molar refractivity (Wildman–Crippen MR) is 108 cm³/mol. The van der Waals surface area contributed by atoms with Crippen molar-refractivity contribution < 1.29 is 14.7 Å². The monoisotopic (exact) mass is 368 g/mol. The van der Waals surface area contributed by atoms with Crippen LogP contribution in [0.1, 0.15) is 37.0 Å². The zero-order valence-electron chi connectivity index (χ0n) is 16.0. The van der Waals surface area contributed by atoms with Crippen LogP contribution in [0.25, 0.3) is 0 Å². The van der Waals surface area contributed by atoms with Gasteiger partial charge in [0.2, 0.25) is 5.91 Å². The topological polar surface area (TPSA) is 78.4 Å². The molecule has 0 radical (unpaired) electrons. The van der Waals surface area contributed by atoms with Crippen molar-refractivity contribution in [3.8, 4) is 0 Å². The summed E-state index contributed by atoms with van der Waals surface area (Å²) in [7, 11) is 0. The molecule has 5 nitrogen and oxygen atoms in total. The number of para-hydroxylation sites is 1. The Kier molecular flexibility index (Phi) is 8.01. The SMILES string of the molecule is CCc1cccc(CC)c1NC(=O)CC(NCCc1ccccc1)C(=O)O. The Bertz CT molecular complexity index is 737. The van der Waals surface area contributed by atoms with Crippen LogP contribution in [0.5, 0.6) is 0 Å². The largest absolute Gasteiger partial charge is 0.480 e. The minimum atomic E-state index is -1.02. The molecule has 2 aromatic rings. The van der Waals surface area contributed by atoms with Crippen molar-refractivity contribution >= 4 is 17.6 Å². The molecule has 1 unspecified atom stereocenters. The fourth-order valence-electron chi connectivity index (χ4n) is 3.06. The molecule has 27 heavy (non-hydrogen) atoms. The molecule has 1 atom stereocenters. The van der Waals surface area contributed by atoms with E-state index in [0.717, 1.165) is 35.2 Å². The fraction of sp³-hybridized carbons (Fsp3) is 0.364. The van der Waals surface area contributed by atoms with E-state index in [1.54, 1.807) is 0 Å². The summed E-state index contributed by atoms with van der Waals surface area (Å²) in [6.45, 7) is 4.57. The van der Waals surface area contributed by atoms with Crippen LogP contribution in [0, 0.1) is 0 Å². The summed E-state index contributed by atoms with van der Waals surface area (Å²) in [5.74, 6) is -1.30. The maximum Gasteiger partial charge on any atom is 0.321 e. The van der Waals surface area contributed by atoms with E-state index in [4.69, 9.17) is 0 Å². The Morgan fingerprint density at radius 2 is 1.59 bits per heavy atom. The number of hydrogen-bond acceptors (Lipinski definition) is 3. The zero-order chi connectivity index (χ0) is 19.6. The molecular weight excluding hydrogens is 340 g/mol. The number of anilines is 1. The zero-order valence-corrected chi connectivity index (χ0v) is 16.0. The van der Waals surface area contributed by atoms with E-state index >= 15 is 0 Å². The number of benzene rings is 2. The summed E-state index contributed by atoms with van der Waals surface area (Å²) < 4.78 is 0. The molecule has 1 amide bonds. The van der Waals surface area contributed by atoms with Gasteiger partial charge in [-0.15, -0.1) is 0 Å². The van der Waals surface area contributed by atoms with Gasteiger partial charge in [0, 0.05) is 5.69 Å². The lowest BCUT2D eigenvalue weighted by atomic mass is 10.0. The Hall–Kier alpha value is -2.66. The predicted octanol–water partition coefficient (Wildman–Crippen LogP) is 3.43. The van der Waals surface area contributed by atoms with Crippen molar-refractivity contribution in [2.75, 3.05) is 11.9 Å². The molecule has 0 aromatic heterocycles. The number of carbonyl (C=O) groups excluding carboxylic acids is 1. The van der Waals surface area contributed by atoms with E-state index in [2.05, 4.69) is 10.6 Å². The normalized spacial score (nSPS) is 11.8. The molecule has 0 bridgehead atoms. The number of rotatable bonds is 10. The molecule has 0 heterocycles. The third kappa shape index (κ3) is 6.22. The third-order valence-corrected chi connectivity index (χ3v) is 4.60. The highest BCUT2D eigenvalue weighted by atomic mass is 16.4. The number of amides is 1. The van der Waals surface area contributed by atoms with E-state index < -0.39 is 12.0 Å². The van der Waals surface area contributed by atoms with Gasteiger partial charge in [-0.05, 0) is 42.5 Å². The molecule has 0 saturated carbocycles. The van der Waals surface area contributed by atoms with E-state index in [-0.39, 0.29) is 12.3 Å².